The molecule has 0 bridgehead atoms. The highest BCUT2D eigenvalue weighted by Crippen LogP contribution is 2.36. The lowest BCUT2D eigenvalue weighted by Gasteiger charge is -2.25. The average molecular weight is 479 g/mol. The van der Waals surface area contributed by atoms with Crippen LogP contribution in [0.5, 0.6) is 11.5 Å². The van der Waals surface area contributed by atoms with Gasteiger partial charge in [0.2, 0.25) is 5.89 Å². The van der Waals surface area contributed by atoms with Gasteiger partial charge < -0.3 is 13.9 Å². The van der Waals surface area contributed by atoms with Gasteiger partial charge in [-0.25, -0.2) is 13.4 Å². The number of aromatic nitrogens is 1. The Kier molecular flexibility index (Phi) is 6.88. The molecule has 0 aliphatic rings. The van der Waals surface area contributed by atoms with Crippen molar-refractivity contribution in [2.45, 2.75) is 25.3 Å². The summed E-state index contributed by atoms with van der Waals surface area (Å²) in [5.74, 6) is 1.96. The number of anilines is 1. The Morgan fingerprint density at radius 2 is 1.56 bits per heavy atom. The fourth-order valence-corrected chi connectivity index (χ4v) is 5.06. The van der Waals surface area contributed by atoms with Crippen molar-refractivity contribution in [1.29, 1.82) is 0 Å². The van der Waals surface area contributed by atoms with Gasteiger partial charge in [-0.05, 0) is 50.2 Å². The minimum atomic E-state index is -3.93. The first-order valence-corrected chi connectivity index (χ1v) is 12.3. The van der Waals surface area contributed by atoms with E-state index in [4.69, 9.17) is 13.9 Å². The van der Waals surface area contributed by atoms with Crippen molar-refractivity contribution in [3.63, 3.8) is 0 Å². The number of nitrogens with zero attached hydrogens (tertiary/aromatic N) is 2. The van der Waals surface area contributed by atoms with Crippen molar-refractivity contribution in [2.24, 2.45) is 0 Å². The second-order valence-electron chi connectivity index (χ2n) is 7.45. The summed E-state index contributed by atoms with van der Waals surface area (Å²) < 4.78 is 46.0. The molecule has 0 radical (unpaired) electrons. The van der Waals surface area contributed by atoms with E-state index in [2.05, 4.69) is 4.98 Å². The zero-order chi connectivity index (χ0) is 24.1. The lowest BCUT2D eigenvalue weighted by atomic mass is 10.2. The summed E-state index contributed by atoms with van der Waals surface area (Å²) in [5, 5.41) is 0. The maximum atomic E-state index is 13.8. The number of benzene rings is 3. The number of oxazole rings is 1. The molecule has 0 unspecified atom stereocenters. The Balaban J connectivity index is 1.81. The van der Waals surface area contributed by atoms with Gasteiger partial charge in [-0.2, -0.15) is 0 Å². The third-order valence-corrected chi connectivity index (χ3v) is 7.06. The predicted molar refractivity (Wildman–Crippen MR) is 131 cm³/mol. The molecule has 4 aromatic rings. The quantitative estimate of drug-likeness (QED) is 0.318. The van der Waals surface area contributed by atoms with E-state index >= 15 is 0 Å². The van der Waals surface area contributed by atoms with Crippen LogP contribution < -0.4 is 13.8 Å². The number of sulfonamides is 1. The van der Waals surface area contributed by atoms with Crippen LogP contribution in [0.3, 0.4) is 0 Å². The summed E-state index contributed by atoms with van der Waals surface area (Å²) in [6, 6.07) is 22.8. The van der Waals surface area contributed by atoms with Gasteiger partial charge in [-0.1, -0.05) is 42.5 Å². The van der Waals surface area contributed by atoms with Crippen molar-refractivity contribution in [2.75, 3.05) is 18.0 Å². The summed E-state index contributed by atoms with van der Waals surface area (Å²) in [5.41, 5.74) is 1.60. The highest BCUT2D eigenvalue weighted by atomic mass is 32.2. The molecular formula is C26H26N2O5S. The highest BCUT2D eigenvalue weighted by molar-refractivity contribution is 7.92. The SMILES string of the molecule is CCOc1ccccc1N(Cc1nc(-c2ccccc2OC)oc1C)S(=O)(=O)c1ccccc1. The van der Waals surface area contributed by atoms with Crippen molar-refractivity contribution >= 4 is 15.7 Å². The van der Waals surface area contributed by atoms with Crippen molar-refractivity contribution in [3.05, 3.63) is 90.3 Å². The van der Waals surface area contributed by atoms with Crippen LogP contribution in [-0.4, -0.2) is 27.1 Å². The lowest BCUT2D eigenvalue weighted by molar-refractivity contribution is 0.341. The predicted octanol–water partition coefficient (Wildman–Crippen LogP) is 5.45. The van der Waals surface area contributed by atoms with E-state index in [1.54, 1.807) is 62.6 Å². The zero-order valence-electron chi connectivity index (χ0n) is 19.3. The van der Waals surface area contributed by atoms with Crippen LogP contribution in [0.2, 0.25) is 0 Å². The van der Waals surface area contributed by atoms with Gasteiger partial charge in [0, 0.05) is 0 Å². The van der Waals surface area contributed by atoms with Crippen LogP contribution >= 0.6 is 0 Å². The summed E-state index contributed by atoms with van der Waals surface area (Å²) in [7, 11) is -2.35. The molecule has 176 valence electrons. The van der Waals surface area contributed by atoms with Crippen LogP contribution in [0, 0.1) is 6.92 Å². The van der Waals surface area contributed by atoms with E-state index in [1.165, 1.54) is 4.31 Å². The molecule has 4 rings (SSSR count). The second-order valence-corrected chi connectivity index (χ2v) is 9.31. The molecule has 0 atom stereocenters. The first-order valence-electron chi connectivity index (χ1n) is 10.8. The van der Waals surface area contributed by atoms with Crippen molar-refractivity contribution < 1.29 is 22.3 Å². The first-order chi connectivity index (χ1) is 16.5. The van der Waals surface area contributed by atoms with Gasteiger partial charge in [0.25, 0.3) is 10.0 Å². The molecular weight excluding hydrogens is 452 g/mol. The van der Waals surface area contributed by atoms with E-state index in [-0.39, 0.29) is 11.4 Å². The van der Waals surface area contributed by atoms with Gasteiger partial charge in [-0.3, -0.25) is 4.31 Å². The average Bonchev–Trinajstić information content (AvgIpc) is 3.23. The van der Waals surface area contributed by atoms with Gasteiger partial charge in [0.05, 0.1) is 36.4 Å². The van der Waals surface area contributed by atoms with E-state index in [0.29, 0.717) is 46.7 Å². The molecule has 0 fully saturated rings. The molecule has 0 amide bonds. The molecule has 8 heteroatoms. The number of ether oxygens (including phenoxy) is 2. The van der Waals surface area contributed by atoms with Crippen LogP contribution in [0.15, 0.2) is 88.2 Å². The Bertz CT molecular complexity index is 1370. The number of hydrogen-bond donors (Lipinski definition) is 0. The van der Waals surface area contributed by atoms with Gasteiger partial charge in [0.1, 0.15) is 23.0 Å². The standard InChI is InChI=1S/C26H26N2O5S/c1-4-32-25-17-11-9-15-23(25)28(34(29,30)20-12-6-5-7-13-20)18-22-19(2)33-26(27-22)21-14-8-10-16-24(21)31-3/h5-17H,4,18H2,1-3H3. The molecule has 7 nitrogen and oxygen atoms in total. The Labute approximate surface area is 199 Å². The minimum absolute atomic E-state index is 0.0359. The largest absolute Gasteiger partial charge is 0.496 e. The zero-order valence-corrected chi connectivity index (χ0v) is 20.1. The molecule has 0 N–H and O–H groups in total. The van der Waals surface area contributed by atoms with Gasteiger partial charge in [-0.15, -0.1) is 0 Å². The van der Waals surface area contributed by atoms with Crippen LogP contribution in [0.1, 0.15) is 18.4 Å². The molecule has 0 saturated heterocycles. The molecule has 1 heterocycles. The van der Waals surface area contributed by atoms with Crippen molar-refractivity contribution in [1.82, 2.24) is 4.98 Å². The van der Waals surface area contributed by atoms with Gasteiger partial charge >= 0.3 is 0 Å². The highest BCUT2D eigenvalue weighted by Gasteiger charge is 2.29. The molecule has 0 aliphatic heterocycles. The van der Waals surface area contributed by atoms with Crippen LogP contribution in [0.25, 0.3) is 11.5 Å². The lowest BCUT2D eigenvalue weighted by Crippen LogP contribution is -2.31. The summed E-state index contributed by atoms with van der Waals surface area (Å²) in [6.45, 7) is 3.99. The topological polar surface area (TPSA) is 81.9 Å². The third kappa shape index (κ3) is 4.63. The van der Waals surface area contributed by atoms with E-state index in [1.807, 2.05) is 37.3 Å². The van der Waals surface area contributed by atoms with Crippen LogP contribution in [0.4, 0.5) is 5.69 Å². The Morgan fingerprint density at radius 3 is 2.26 bits per heavy atom. The Morgan fingerprint density at radius 1 is 0.912 bits per heavy atom. The summed E-state index contributed by atoms with van der Waals surface area (Å²) >= 11 is 0. The first kappa shape index (κ1) is 23.4. The number of rotatable bonds is 9. The normalized spacial score (nSPS) is 11.3. The maximum Gasteiger partial charge on any atom is 0.264 e. The molecule has 0 spiro atoms. The molecule has 0 saturated carbocycles. The Hall–Kier alpha value is -3.78. The molecule has 1 aromatic heterocycles. The third-order valence-electron chi connectivity index (χ3n) is 5.29. The smallest absolute Gasteiger partial charge is 0.264 e. The number of para-hydroxylation sites is 3. The maximum absolute atomic E-state index is 13.8. The fraction of sp³-hybridized carbons (Fsp3) is 0.192. The number of methoxy groups -OCH3 is 1. The van der Waals surface area contributed by atoms with Crippen LogP contribution in [-0.2, 0) is 16.6 Å². The van der Waals surface area contributed by atoms with E-state index in [0.717, 1.165) is 0 Å². The van der Waals surface area contributed by atoms with Crippen molar-refractivity contribution in [3.8, 4) is 23.0 Å². The second kappa shape index (κ2) is 10.0. The molecule has 3 aromatic carbocycles. The number of hydrogen-bond acceptors (Lipinski definition) is 6. The van der Waals surface area contributed by atoms with E-state index in [9.17, 15) is 8.42 Å². The van der Waals surface area contributed by atoms with Gasteiger partial charge in [0.15, 0.2) is 0 Å². The number of aryl methyl sites for hydroxylation is 1. The van der Waals surface area contributed by atoms with E-state index < -0.39 is 10.0 Å². The minimum Gasteiger partial charge on any atom is -0.496 e. The summed E-state index contributed by atoms with van der Waals surface area (Å²) in [4.78, 5) is 4.82. The molecule has 34 heavy (non-hydrogen) atoms. The monoisotopic (exact) mass is 478 g/mol. The summed E-state index contributed by atoms with van der Waals surface area (Å²) in [6.07, 6.45) is 0. The fourth-order valence-electron chi connectivity index (χ4n) is 3.61. The molecule has 0 aliphatic carbocycles.